The predicted octanol–water partition coefficient (Wildman–Crippen LogP) is 1.45. The van der Waals surface area contributed by atoms with Gasteiger partial charge in [0.2, 0.25) is 0 Å². The Kier molecular flexibility index (Phi) is 7.14. The maximum absolute atomic E-state index is 8.68. The molecule has 0 aliphatic heterocycles. The number of rotatable bonds is 7. The first-order chi connectivity index (χ1) is 6.93. The lowest BCUT2D eigenvalue weighted by Crippen LogP contribution is -2.47. The third kappa shape index (κ3) is 6.13. The molecule has 92 valence electrons. The van der Waals surface area contributed by atoms with Crippen molar-refractivity contribution in [3.63, 3.8) is 0 Å². The summed E-state index contributed by atoms with van der Waals surface area (Å²) in [6.07, 6.45) is 3.16. The standard InChI is InChI=1S/C12H28N2O/c1-12(2,3)11(10-13)14(4)8-6-5-7-9-15/h11,15H,5-10,13H2,1-4H3. The van der Waals surface area contributed by atoms with Gasteiger partial charge in [-0.15, -0.1) is 0 Å². The topological polar surface area (TPSA) is 49.5 Å². The van der Waals surface area contributed by atoms with Crippen LogP contribution in [0.5, 0.6) is 0 Å². The summed E-state index contributed by atoms with van der Waals surface area (Å²) in [5, 5.41) is 8.68. The van der Waals surface area contributed by atoms with Crippen LogP contribution in [0.2, 0.25) is 0 Å². The zero-order valence-corrected chi connectivity index (χ0v) is 10.8. The fourth-order valence-corrected chi connectivity index (χ4v) is 2.00. The van der Waals surface area contributed by atoms with Crippen LogP contribution in [0.25, 0.3) is 0 Å². The van der Waals surface area contributed by atoms with Crippen molar-refractivity contribution in [3.05, 3.63) is 0 Å². The molecular formula is C12H28N2O. The van der Waals surface area contributed by atoms with Gasteiger partial charge in [-0.25, -0.2) is 0 Å². The quantitative estimate of drug-likeness (QED) is 0.633. The van der Waals surface area contributed by atoms with Crippen molar-refractivity contribution in [3.8, 4) is 0 Å². The summed E-state index contributed by atoms with van der Waals surface area (Å²) in [5.41, 5.74) is 6.05. The maximum Gasteiger partial charge on any atom is 0.0431 e. The Hall–Kier alpha value is -0.120. The molecular weight excluding hydrogens is 188 g/mol. The fourth-order valence-electron chi connectivity index (χ4n) is 2.00. The van der Waals surface area contributed by atoms with Crippen molar-refractivity contribution in [1.82, 2.24) is 4.90 Å². The summed E-state index contributed by atoms with van der Waals surface area (Å²) in [5.74, 6) is 0. The molecule has 0 aromatic heterocycles. The summed E-state index contributed by atoms with van der Waals surface area (Å²) in [7, 11) is 2.14. The average molecular weight is 216 g/mol. The van der Waals surface area contributed by atoms with Crippen molar-refractivity contribution < 1.29 is 5.11 Å². The zero-order valence-electron chi connectivity index (χ0n) is 10.8. The van der Waals surface area contributed by atoms with E-state index >= 15 is 0 Å². The third-order valence-electron chi connectivity index (χ3n) is 2.92. The molecule has 1 atom stereocenters. The second-order valence-electron chi connectivity index (χ2n) is 5.38. The number of likely N-dealkylation sites (N-methyl/N-ethyl adjacent to an activating group) is 1. The summed E-state index contributed by atoms with van der Waals surface area (Å²) in [4.78, 5) is 2.34. The zero-order chi connectivity index (χ0) is 11.9. The molecule has 0 aromatic rings. The lowest BCUT2D eigenvalue weighted by atomic mass is 9.86. The van der Waals surface area contributed by atoms with Crippen LogP contribution < -0.4 is 5.73 Å². The highest BCUT2D eigenvalue weighted by Gasteiger charge is 2.26. The van der Waals surface area contributed by atoms with Gasteiger partial charge in [0.15, 0.2) is 0 Å². The molecule has 0 rings (SSSR count). The summed E-state index contributed by atoms with van der Waals surface area (Å²) in [6.45, 7) is 8.78. The van der Waals surface area contributed by atoms with Gasteiger partial charge >= 0.3 is 0 Å². The van der Waals surface area contributed by atoms with Crippen LogP contribution in [0.15, 0.2) is 0 Å². The van der Waals surface area contributed by atoms with Gasteiger partial charge in [0.1, 0.15) is 0 Å². The Morgan fingerprint density at radius 2 is 1.80 bits per heavy atom. The van der Waals surface area contributed by atoms with Crippen LogP contribution in [-0.2, 0) is 0 Å². The molecule has 0 radical (unpaired) electrons. The Labute approximate surface area is 94.6 Å². The Morgan fingerprint density at radius 3 is 2.20 bits per heavy atom. The molecule has 0 saturated carbocycles. The van der Waals surface area contributed by atoms with E-state index in [-0.39, 0.29) is 5.41 Å². The van der Waals surface area contributed by atoms with Crippen molar-refractivity contribution in [2.45, 2.75) is 46.1 Å². The molecule has 0 aliphatic rings. The SMILES string of the molecule is CN(CCCCCO)C(CN)C(C)(C)C. The van der Waals surface area contributed by atoms with Gasteiger partial charge in [-0.1, -0.05) is 20.8 Å². The monoisotopic (exact) mass is 216 g/mol. The molecule has 0 saturated heterocycles. The van der Waals surface area contributed by atoms with Crippen LogP contribution in [0.3, 0.4) is 0 Å². The fraction of sp³-hybridized carbons (Fsp3) is 1.00. The number of unbranched alkanes of at least 4 members (excludes halogenated alkanes) is 2. The normalized spacial score (nSPS) is 14.6. The highest BCUT2D eigenvalue weighted by molar-refractivity contribution is 4.82. The Balaban J connectivity index is 3.89. The molecule has 1 unspecified atom stereocenters. The van der Waals surface area contributed by atoms with Crippen molar-refractivity contribution in [1.29, 1.82) is 0 Å². The maximum atomic E-state index is 8.68. The molecule has 3 N–H and O–H groups in total. The molecule has 0 aliphatic carbocycles. The van der Waals surface area contributed by atoms with E-state index in [2.05, 4.69) is 32.7 Å². The first-order valence-electron chi connectivity index (χ1n) is 5.94. The number of nitrogens with zero attached hydrogens (tertiary/aromatic N) is 1. The summed E-state index contributed by atoms with van der Waals surface area (Å²) < 4.78 is 0. The van der Waals surface area contributed by atoms with Gasteiger partial charge in [0, 0.05) is 19.2 Å². The molecule has 0 heterocycles. The van der Waals surface area contributed by atoms with E-state index in [0.717, 1.165) is 25.8 Å². The van der Waals surface area contributed by atoms with Crippen molar-refractivity contribution in [2.75, 3.05) is 26.7 Å². The van der Waals surface area contributed by atoms with Crippen molar-refractivity contribution >= 4 is 0 Å². The van der Waals surface area contributed by atoms with E-state index in [1.807, 2.05) is 0 Å². The van der Waals surface area contributed by atoms with Gasteiger partial charge < -0.3 is 15.7 Å². The molecule has 15 heavy (non-hydrogen) atoms. The van der Waals surface area contributed by atoms with Crippen LogP contribution in [0.1, 0.15) is 40.0 Å². The van der Waals surface area contributed by atoms with Crippen LogP contribution in [-0.4, -0.2) is 42.8 Å². The van der Waals surface area contributed by atoms with Crippen LogP contribution in [0, 0.1) is 5.41 Å². The molecule has 3 heteroatoms. The first-order valence-corrected chi connectivity index (χ1v) is 5.94. The predicted molar refractivity (Wildman–Crippen MR) is 65.9 cm³/mol. The summed E-state index contributed by atoms with van der Waals surface area (Å²) >= 11 is 0. The minimum atomic E-state index is 0.237. The van der Waals surface area contributed by atoms with Crippen LogP contribution >= 0.6 is 0 Å². The molecule has 0 bridgehead atoms. The molecule has 3 nitrogen and oxygen atoms in total. The van der Waals surface area contributed by atoms with Gasteiger partial charge in [-0.3, -0.25) is 0 Å². The van der Waals surface area contributed by atoms with Gasteiger partial charge in [0.25, 0.3) is 0 Å². The van der Waals surface area contributed by atoms with E-state index < -0.39 is 0 Å². The lowest BCUT2D eigenvalue weighted by Gasteiger charge is -2.37. The summed E-state index contributed by atoms with van der Waals surface area (Å²) in [6, 6.07) is 0.437. The van der Waals surface area contributed by atoms with E-state index in [0.29, 0.717) is 19.2 Å². The lowest BCUT2D eigenvalue weighted by molar-refractivity contribution is 0.129. The minimum Gasteiger partial charge on any atom is -0.396 e. The largest absolute Gasteiger partial charge is 0.396 e. The van der Waals surface area contributed by atoms with Gasteiger partial charge in [-0.2, -0.15) is 0 Å². The number of hydrogen-bond acceptors (Lipinski definition) is 3. The smallest absolute Gasteiger partial charge is 0.0431 e. The highest BCUT2D eigenvalue weighted by atomic mass is 16.2. The Bertz CT molecular complexity index is 154. The van der Waals surface area contributed by atoms with E-state index in [9.17, 15) is 0 Å². The number of hydrogen-bond donors (Lipinski definition) is 2. The molecule has 0 fully saturated rings. The number of aliphatic hydroxyl groups is 1. The Morgan fingerprint density at radius 1 is 1.20 bits per heavy atom. The average Bonchev–Trinajstić information content (AvgIpc) is 2.11. The number of aliphatic hydroxyl groups excluding tert-OH is 1. The second-order valence-corrected chi connectivity index (χ2v) is 5.38. The van der Waals surface area contributed by atoms with E-state index in [1.165, 1.54) is 0 Å². The molecule has 0 amide bonds. The van der Waals surface area contributed by atoms with Gasteiger partial charge in [0.05, 0.1) is 0 Å². The van der Waals surface area contributed by atoms with E-state index in [1.54, 1.807) is 0 Å². The minimum absolute atomic E-state index is 0.237. The molecule has 0 spiro atoms. The first kappa shape index (κ1) is 14.9. The highest BCUT2D eigenvalue weighted by Crippen LogP contribution is 2.22. The number of nitrogens with two attached hydrogens (primary N) is 1. The van der Waals surface area contributed by atoms with Gasteiger partial charge in [-0.05, 0) is 38.3 Å². The molecule has 0 aromatic carbocycles. The second kappa shape index (κ2) is 7.20. The van der Waals surface area contributed by atoms with E-state index in [4.69, 9.17) is 10.8 Å². The third-order valence-corrected chi connectivity index (χ3v) is 2.92. The van der Waals surface area contributed by atoms with Crippen molar-refractivity contribution in [2.24, 2.45) is 11.1 Å². The van der Waals surface area contributed by atoms with Crippen LogP contribution in [0.4, 0.5) is 0 Å².